The highest BCUT2D eigenvalue weighted by atomic mass is 16.7. The molecule has 1 saturated carbocycles. The van der Waals surface area contributed by atoms with Crippen LogP contribution in [0.4, 0.5) is 0 Å². The third kappa shape index (κ3) is 3.50. The van der Waals surface area contributed by atoms with Gasteiger partial charge in [-0.05, 0) is 31.3 Å². The van der Waals surface area contributed by atoms with E-state index in [0.29, 0.717) is 18.3 Å². The maximum atomic E-state index is 9.73. The summed E-state index contributed by atoms with van der Waals surface area (Å²) in [6.07, 6.45) is 10.3. The molecular weight excluding hydrogens is 280 g/mol. The van der Waals surface area contributed by atoms with Crippen LogP contribution in [-0.2, 0) is 14.2 Å². The summed E-state index contributed by atoms with van der Waals surface area (Å²) in [4.78, 5) is 0. The first-order valence-corrected chi connectivity index (χ1v) is 8.91. The molecule has 3 aliphatic rings. The minimum atomic E-state index is -0.384. The van der Waals surface area contributed by atoms with Crippen molar-refractivity contribution in [3.63, 3.8) is 0 Å². The average Bonchev–Trinajstić information content (AvgIpc) is 2.47. The summed E-state index contributed by atoms with van der Waals surface area (Å²) >= 11 is 0. The van der Waals surface area contributed by atoms with Gasteiger partial charge in [-0.1, -0.05) is 20.3 Å². The Morgan fingerprint density at radius 2 is 2.09 bits per heavy atom. The van der Waals surface area contributed by atoms with E-state index < -0.39 is 0 Å². The fourth-order valence-electron chi connectivity index (χ4n) is 4.31. The van der Waals surface area contributed by atoms with Gasteiger partial charge in [0.15, 0.2) is 5.79 Å². The summed E-state index contributed by atoms with van der Waals surface area (Å²) in [5, 5.41) is 9.73. The predicted molar refractivity (Wildman–Crippen MR) is 84.2 cm³/mol. The highest BCUT2D eigenvalue weighted by Crippen LogP contribution is 2.45. The Labute approximate surface area is 133 Å². The van der Waals surface area contributed by atoms with Crippen molar-refractivity contribution in [2.75, 3.05) is 6.61 Å². The Morgan fingerprint density at radius 1 is 1.23 bits per heavy atom. The molecule has 5 atom stereocenters. The van der Waals surface area contributed by atoms with E-state index in [1.807, 2.05) is 0 Å². The summed E-state index contributed by atoms with van der Waals surface area (Å²) in [5.74, 6) is 0.690. The van der Waals surface area contributed by atoms with Gasteiger partial charge in [-0.3, -0.25) is 0 Å². The van der Waals surface area contributed by atoms with Gasteiger partial charge in [0, 0.05) is 25.2 Å². The van der Waals surface area contributed by atoms with Crippen LogP contribution in [0.25, 0.3) is 0 Å². The Kier molecular flexibility index (Phi) is 5.10. The molecule has 4 nitrogen and oxygen atoms in total. The largest absolute Gasteiger partial charge is 0.498 e. The summed E-state index contributed by atoms with van der Waals surface area (Å²) in [7, 11) is 0. The lowest BCUT2D eigenvalue weighted by molar-refractivity contribution is -0.336. The van der Waals surface area contributed by atoms with Crippen LogP contribution >= 0.6 is 0 Å². The first kappa shape index (κ1) is 16.3. The first-order chi connectivity index (χ1) is 10.6. The molecule has 0 radical (unpaired) electrons. The predicted octanol–water partition coefficient (Wildman–Crippen LogP) is 3.39. The molecule has 1 aliphatic carbocycles. The van der Waals surface area contributed by atoms with E-state index in [1.165, 1.54) is 19.3 Å². The van der Waals surface area contributed by atoms with Crippen LogP contribution in [0.5, 0.6) is 0 Å². The first-order valence-electron chi connectivity index (χ1n) is 8.91. The van der Waals surface area contributed by atoms with Gasteiger partial charge >= 0.3 is 0 Å². The molecule has 0 aromatic rings. The summed E-state index contributed by atoms with van der Waals surface area (Å²) in [6, 6.07) is 0. The fraction of sp³-hybridized carbons (Fsp3) is 0.889. The van der Waals surface area contributed by atoms with E-state index in [4.69, 9.17) is 14.2 Å². The molecular formula is C18H30O4. The smallest absolute Gasteiger partial charge is 0.171 e. The van der Waals surface area contributed by atoms with E-state index in [1.54, 1.807) is 12.3 Å². The van der Waals surface area contributed by atoms with Crippen molar-refractivity contribution in [3.05, 3.63) is 12.3 Å². The van der Waals surface area contributed by atoms with Crippen LogP contribution in [-0.4, -0.2) is 35.8 Å². The van der Waals surface area contributed by atoms with E-state index in [-0.39, 0.29) is 24.1 Å². The van der Waals surface area contributed by atoms with Gasteiger partial charge in [-0.25, -0.2) is 0 Å². The van der Waals surface area contributed by atoms with Crippen LogP contribution < -0.4 is 0 Å². The van der Waals surface area contributed by atoms with Crippen molar-refractivity contribution in [2.24, 2.45) is 11.8 Å². The Bertz CT molecular complexity index is 391. The SMILES string of the molecule is CC(C)[C@@H]1CCCCC12OCC[C@@H](C[C@H]1CC(O)C=CO1)O2. The molecule has 4 heteroatoms. The molecule has 0 amide bonds. The van der Waals surface area contributed by atoms with Crippen molar-refractivity contribution >= 4 is 0 Å². The van der Waals surface area contributed by atoms with Crippen molar-refractivity contribution in [3.8, 4) is 0 Å². The Balaban J connectivity index is 1.64. The number of hydrogen-bond acceptors (Lipinski definition) is 4. The van der Waals surface area contributed by atoms with E-state index >= 15 is 0 Å². The van der Waals surface area contributed by atoms with Crippen LogP contribution in [0.1, 0.15) is 58.8 Å². The van der Waals surface area contributed by atoms with Gasteiger partial charge in [-0.15, -0.1) is 0 Å². The number of aliphatic hydroxyl groups excluding tert-OH is 1. The van der Waals surface area contributed by atoms with E-state index in [0.717, 1.165) is 25.9 Å². The van der Waals surface area contributed by atoms with E-state index in [2.05, 4.69) is 13.8 Å². The van der Waals surface area contributed by atoms with Crippen molar-refractivity contribution in [2.45, 2.75) is 82.9 Å². The third-order valence-corrected chi connectivity index (χ3v) is 5.41. The summed E-state index contributed by atoms with van der Waals surface area (Å²) < 4.78 is 18.4. The molecule has 1 N–H and O–H groups in total. The van der Waals surface area contributed by atoms with Gasteiger partial charge in [0.25, 0.3) is 0 Å². The zero-order valence-electron chi connectivity index (χ0n) is 13.9. The lowest BCUT2D eigenvalue weighted by atomic mass is 9.76. The third-order valence-electron chi connectivity index (χ3n) is 5.41. The highest BCUT2D eigenvalue weighted by Gasteiger charge is 2.48. The maximum absolute atomic E-state index is 9.73. The van der Waals surface area contributed by atoms with Gasteiger partial charge in [-0.2, -0.15) is 0 Å². The molecule has 0 aromatic heterocycles. The highest BCUT2D eigenvalue weighted by molar-refractivity contribution is 4.93. The van der Waals surface area contributed by atoms with Gasteiger partial charge < -0.3 is 19.3 Å². The molecule has 126 valence electrons. The average molecular weight is 310 g/mol. The quantitative estimate of drug-likeness (QED) is 0.868. The van der Waals surface area contributed by atoms with E-state index in [9.17, 15) is 5.11 Å². The minimum absolute atomic E-state index is 0.0567. The lowest BCUT2D eigenvalue weighted by Gasteiger charge is -2.50. The van der Waals surface area contributed by atoms with Crippen LogP contribution in [0, 0.1) is 11.8 Å². The fourth-order valence-corrected chi connectivity index (χ4v) is 4.31. The normalized spacial score (nSPS) is 42.5. The van der Waals surface area contributed by atoms with Crippen molar-refractivity contribution < 1.29 is 19.3 Å². The second kappa shape index (κ2) is 6.90. The second-order valence-corrected chi connectivity index (χ2v) is 7.41. The van der Waals surface area contributed by atoms with Crippen LogP contribution in [0.15, 0.2) is 12.3 Å². The number of rotatable bonds is 3. The van der Waals surface area contributed by atoms with Gasteiger partial charge in [0.2, 0.25) is 0 Å². The van der Waals surface area contributed by atoms with Crippen LogP contribution in [0.2, 0.25) is 0 Å². The molecule has 2 fully saturated rings. The lowest BCUT2D eigenvalue weighted by Crippen LogP contribution is -2.53. The maximum Gasteiger partial charge on any atom is 0.171 e. The second-order valence-electron chi connectivity index (χ2n) is 7.41. The van der Waals surface area contributed by atoms with Crippen molar-refractivity contribution in [1.29, 1.82) is 0 Å². The molecule has 2 unspecified atom stereocenters. The summed E-state index contributed by atoms with van der Waals surface area (Å²) in [5.41, 5.74) is 0. The number of aliphatic hydroxyl groups is 1. The molecule has 3 rings (SSSR count). The minimum Gasteiger partial charge on any atom is -0.498 e. The Hall–Kier alpha value is -0.580. The topological polar surface area (TPSA) is 47.9 Å². The standard InChI is InChI=1S/C18H30O4/c1-13(2)17-5-3-4-8-18(17)21-10-7-15(22-18)12-16-11-14(19)6-9-20-16/h6,9,13-17,19H,3-5,7-8,10-12H2,1-2H3/t14?,15-,16+,17-,18?/m0/s1. The Morgan fingerprint density at radius 3 is 2.86 bits per heavy atom. The molecule has 1 spiro atoms. The zero-order valence-corrected chi connectivity index (χ0v) is 13.9. The molecule has 2 aliphatic heterocycles. The molecule has 0 aromatic carbocycles. The molecule has 1 saturated heterocycles. The van der Waals surface area contributed by atoms with Gasteiger partial charge in [0.05, 0.1) is 25.1 Å². The van der Waals surface area contributed by atoms with Gasteiger partial charge in [0.1, 0.15) is 6.10 Å². The monoisotopic (exact) mass is 310 g/mol. The number of hydrogen-bond donors (Lipinski definition) is 1. The van der Waals surface area contributed by atoms with Crippen molar-refractivity contribution in [1.82, 2.24) is 0 Å². The zero-order chi connectivity index (χ0) is 15.6. The molecule has 22 heavy (non-hydrogen) atoms. The summed E-state index contributed by atoms with van der Waals surface area (Å²) in [6.45, 7) is 5.33. The van der Waals surface area contributed by atoms with Crippen LogP contribution in [0.3, 0.4) is 0 Å². The number of ether oxygens (including phenoxy) is 3. The molecule has 0 bridgehead atoms. The molecule has 2 heterocycles.